The molecule has 0 bridgehead atoms. The van der Waals surface area contributed by atoms with Crippen molar-refractivity contribution in [1.82, 2.24) is 0 Å². The molecule has 0 amide bonds. The highest BCUT2D eigenvalue weighted by Gasteiger charge is 2.13. The van der Waals surface area contributed by atoms with E-state index in [0.717, 1.165) is 35.5 Å². The first kappa shape index (κ1) is 20.4. The summed E-state index contributed by atoms with van der Waals surface area (Å²) in [7, 11) is 1.66. The van der Waals surface area contributed by atoms with Gasteiger partial charge in [-0.15, -0.1) is 0 Å². The first-order valence-electron chi connectivity index (χ1n) is 10.5. The van der Waals surface area contributed by atoms with E-state index in [2.05, 4.69) is 17.4 Å². The van der Waals surface area contributed by atoms with Crippen LogP contribution in [-0.4, -0.2) is 26.4 Å². The maximum atomic E-state index is 5.98. The second-order valence-electron chi connectivity index (χ2n) is 7.63. The van der Waals surface area contributed by atoms with E-state index in [1.54, 1.807) is 7.11 Å². The molecule has 1 N–H and O–H groups in total. The van der Waals surface area contributed by atoms with E-state index in [9.17, 15) is 0 Å². The first-order chi connectivity index (χ1) is 13.7. The summed E-state index contributed by atoms with van der Waals surface area (Å²) in [5.41, 5.74) is 1.06. The molecule has 1 fully saturated rings. The topological polar surface area (TPSA) is 39.7 Å². The molecule has 152 valence electrons. The Kier molecular flexibility index (Phi) is 7.89. The summed E-state index contributed by atoms with van der Waals surface area (Å²) in [6, 6.07) is 15.9. The summed E-state index contributed by atoms with van der Waals surface area (Å²) < 4.78 is 17.2. The minimum atomic E-state index is 0.0164. The van der Waals surface area contributed by atoms with Crippen LogP contribution in [-0.2, 0) is 0 Å². The van der Waals surface area contributed by atoms with Crippen molar-refractivity contribution in [2.45, 2.75) is 51.6 Å². The third-order valence-electron chi connectivity index (χ3n) is 5.36. The van der Waals surface area contributed by atoms with Gasteiger partial charge in [0.15, 0.2) is 11.5 Å². The van der Waals surface area contributed by atoms with Gasteiger partial charge in [-0.05, 0) is 55.7 Å². The molecule has 1 aliphatic carbocycles. The van der Waals surface area contributed by atoms with E-state index in [1.807, 2.05) is 43.3 Å². The van der Waals surface area contributed by atoms with Gasteiger partial charge in [0.2, 0.25) is 0 Å². The monoisotopic (exact) mass is 383 g/mol. The molecule has 1 saturated carbocycles. The zero-order chi connectivity index (χ0) is 19.6. The van der Waals surface area contributed by atoms with E-state index < -0.39 is 0 Å². The van der Waals surface area contributed by atoms with Crippen LogP contribution in [0.3, 0.4) is 0 Å². The van der Waals surface area contributed by atoms with Crippen molar-refractivity contribution in [2.75, 3.05) is 25.6 Å². The molecule has 2 aromatic carbocycles. The lowest BCUT2D eigenvalue weighted by Gasteiger charge is -2.21. The highest BCUT2D eigenvalue weighted by Crippen LogP contribution is 2.28. The van der Waals surface area contributed by atoms with Crippen molar-refractivity contribution in [3.8, 4) is 17.2 Å². The van der Waals surface area contributed by atoms with Crippen LogP contribution in [0.2, 0.25) is 0 Å². The molecule has 0 heterocycles. The standard InChI is InChI=1S/C24H33NO3/c1-19(28-24-11-7-6-10-23(24)26-2)18-25-21-12-14-22(15-13-21)27-17-16-20-8-4-3-5-9-20/h6-7,10-15,19-20,25H,3-5,8-9,16-18H2,1-2H3. The van der Waals surface area contributed by atoms with Crippen LogP contribution in [0.25, 0.3) is 0 Å². The molecule has 1 unspecified atom stereocenters. The predicted octanol–water partition coefficient (Wildman–Crippen LogP) is 5.92. The van der Waals surface area contributed by atoms with Crippen LogP contribution in [0.1, 0.15) is 45.4 Å². The van der Waals surface area contributed by atoms with Gasteiger partial charge in [0.25, 0.3) is 0 Å². The van der Waals surface area contributed by atoms with Crippen LogP contribution >= 0.6 is 0 Å². The fourth-order valence-electron chi connectivity index (χ4n) is 3.72. The van der Waals surface area contributed by atoms with E-state index in [1.165, 1.54) is 38.5 Å². The van der Waals surface area contributed by atoms with Gasteiger partial charge in [0, 0.05) is 5.69 Å². The van der Waals surface area contributed by atoms with Gasteiger partial charge < -0.3 is 19.5 Å². The Labute approximate surface area is 169 Å². The van der Waals surface area contributed by atoms with Crippen molar-refractivity contribution >= 4 is 5.69 Å². The average molecular weight is 384 g/mol. The Morgan fingerprint density at radius 1 is 0.964 bits per heavy atom. The van der Waals surface area contributed by atoms with Crippen LogP contribution in [0, 0.1) is 5.92 Å². The molecule has 1 atom stereocenters. The molecule has 28 heavy (non-hydrogen) atoms. The molecule has 4 heteroatoms. The van der Waals surface area contributed by atoms with Gasteiger partial charge in [-0.1, -0.05) is 44.2 Å². The predicted molar refractivity (Wildman–Crippen MR) is 115 cm³/mol. The number of hydrogen-bond acceptors (Lipinski definition) is 4. The van der Waals surface area contributed by atoms with Gasteiger partial charge in [0.05, 0.1) is 20.3 Å². The molecule has 4 nitrogen and oxygen atoms in total. The number of nitrogens with one attached hydrogen (secondary N) is 1. The van der Waals surface area contributed by atoms with Gasteiger partial charge in [-0.3, -0.25) is 0 Å². The van der Waals surface area contributed by atoms with Crippen molar-refractivity contribution < 1.29 is 14.2 Å². The van der Waals surface area contributed by atoms with Crippen molar-refractivity contribution in [2.24, 2.45) is 5.92 Å². The largest absolute Gasteiger partial charge is 0.494 e. The summed E-state index contributed by atoms with van der Waals surface area (Å²) >= 11 is 0. The molecule has 3 rings (SSSR count). The Balaban J connectivity index is 1.38. The second-order valence-corrected chi connectivity index (χ2v) is 7.63. The van der Waals surface area contributed by atoms with Crippen LogP contribution in [0.4, 0.5) is 5.69 Å². The maximum absolute atomic E-state index is 5.98. The van der Waals surface area contributed by atoms with Crippen molar-refractivity contribution in [3.05, 3.63) is 48.5 Å². The molecule has 0 aromatic heterocycles. The number of benzene rings is 2. The Bertz CT molecular complexity index is 695. The molecule has 1 aliphatic rings. The molecular formula is C24H33NO3. The number of hydrogen-bond donors (Lipinski definition) is 1. The molecule has 0 saturated heterocycles. The SMILES string of the molecule is COc1ccccc1OC(C)CNc1ccc(OCCC2CCCCC2)cc1. The van der Waals surface area contributed by atoms with E-state index in [-0.39, 0.29) is 6.10 Å². The maximum Gasteiger partial charge on any atom is 0.161 e. The lowest BCUT2D eigenvalue weighted by atomic mass is 9.87. The zero-order valence-corrected chi connectivity index (χ0v) is 17.2. The average Bonchev–Trinajstić information content (AvgIpc) is 2.74. The van der Waals surface area contributed by atoms with Gasteiger partial charge in [-0.25, -0.2) is 0 Å². The summed E-state index contributed by atoms with van der Waals surface area (Å²) in [4.78, 5) is 0. The molecule has 0 aliphatic heterocycles. The summed E-state index contributed by atoms with van der Waals surface area (Å²) in [5.74, 6) is 3.32. The minimum Gasteiger partial charge on any atom is -0.494 e. The minimum absolute atomic E-state index is 0.0164. The number of methoxy groups -OCH3 is 1. The molecule has 0 radical (unpaired) electrons. The van der Waals surface area contributed by atoms with Crippen LogP contribution in [0.5, 0.6) is 17.2 Å². The zero-order valence-electron chi connectivity index (χ0n) is 17.2. The Morgan fingerprint density at radius 3 is 2.39 bits per heavy atom. The van der Waals surface area contributed by atoms with E-state index >= 15 is 0 Å². The summed E-state index contributed by atoms with van der Waals surface area (Å²) in [6.07, 6.45) is 8.14. The first-order valence-corrected chi connectivity index (χ1v) is 10.5. The normalized spacial score (nSPS) is 15.6. The molecular weight excluding hydrogens is 350 g/mol. The van der Waals surface area contributed by atoms with E-state index in [0.29, 0.717) is 6.54 Å². The quantitative estimate of drug-likeness (QED) is 0.552. The highest BCUT2D eigenvalue weighted by molar-refractivity contribution is 5.46. The summed E-state index contributed by atoms with van der Waals surface area (Å²) in [5, 5.41) is 3.42. The number of anilines is 1. The van der Waals surface area contributed by atoms with Crippen molar-refractivity contribution in [1.29, 1.82) is 0 Å². The third kappa shape index (κ3) is 6.36. The summed E-state index contributed by atoms with van der Waals surface area (Å²) in [6.45, 7) is 3.57. The van der Waals surface area contributed by atoms with Crippen LogP contribution < -0.4 is 19.5 Å². The fraction of sp³-hybridized carbons (Fsp3) is 0.500. The lowest BCUT2D eigenvalue weighted by molar-refractivity contribution is 0.223. The third-order valence-corrected chi connectivity index (χ3v) is 5.36. The number of rotatable bonds is 10. The van der Waals surface area contributed by atoms with E-state index in [4.69, 9.17) is 14.2 Å². The highest BCUT2D eigenvalue weighted by atomic mass is 16.5. The number of para-hydroxylation sites is 2. The van der Waals surface area contributed by atoms with Gasteiger partial charge in [-0.2, -0.15) is 0 Å². The second kappa shape index (κ2) is 10.8. The lowest BCUT2D eigenvalue weighted by Crippen LogP contribution is -2.22. The fourth-order valence-corrected chi connectivity index (χ4v) is 3.72. The van der Waals surface area contributed by atoms with Gasteiger partial charge in [0.1, 0.15) is 11.9 Å². The molecule has 2 aromatic rings. The van der Waals surface area contributed by atoms with Crippen molar-refractivity contribution in [3.63, 3.8) is 0 Å². The molecule has 0 spiro atoms. The number of ether oxygens (including phenoxy) is 3. The van der Waals surface area contributed by atoms with Crippen LogP contribution in [0.15, 0.2) is 48.5 Å². The Morgan fingerprint density at radius 2 is 1.68 bits per heavy atom. The smallest absolute Gasteiger partial charge is 0.161 e. The Hall–Kier alpha value is -2.36. The van der Waals surface area contributed by atoms with Gasteiger partial charge >= 0.3 is 0 Å².